The Morgan fingerprint density at radius 2 is 1.06 bits per heavy atom. The summed E-state index contributed by atoms with van der Waals surface area (Å²) in [5.41, 5.74) is 0. The average Bonchev–Trinajstić information content (AvgIpc) is 2.31. The molecule has 0 aromatic heterocycles. The van der Waals surface area contributed by atoms with Gasteiger partial charge in [0.25, 0.3) is 0 Å². The number of para-hydroxylation sites is 2. The largest absolute Gasteiger partial charge is 0.638 e. The van der Waals surface area contributed by atoms with Crippen LogP contribution in [0.2, 0.25) is 13.1 Å². The second kappa shape index (κ2) is 4.99. The highest BCUT2D eigenvalue weighted by molar-refractivity contribution is 6.51. The molecule has 0 saturated heterocycles. The molecule has 0 amide bonds. The Labute approximate surface area is 98.8 Å². The van der Waals surface area contributed by atoms with Crippen molar-refractivity contribution in [3.05, 3.63) is 60.7 Å². The Morgan fingerprint density at radius 3 is 1.38 bits per heavy atom. The van der Waals surface area contributed by atoms with E-state index in [1.54, 1.807) is 0 Å². The summed E-state index contributed by atoms with van der Waals surface area (Å²) in [4.78, 5) is 0. The van der Waals surface area contributed by atoms with E-state index in [4.69, 9.17) is 0 Å². The summed E-state index contributed by atoms with van der Waals surface area (Å²) in [6.07, 6.45) is 0. The maximum absolute atomic E-state index is 3.35. The molecule has 81 valence electrons. The van der Waals surface area contributed by atoms with Crippen LogP contribution in [0.1, 0.15) is 0 Å². The molecule has 0 atom stereocenters. The van der Waals surface area contributed by atoms with Crippen LogP contribution in [-0.4, -0.2) is 9.04 Å². The lowest BCUT2D eigenvalue weighted by Gasteiger charge is -2.27. The molecule has 16 heavy (non-hydrogen) atoms. The van der Waals surface area contributed by atoms with E-state index in [1.165, 1.54) is 11.5 Å². The zero-order valence-electron chi connectivity index (χ0n) is 9.68. The number of benzene rings is 2. The van der Waals surface area contributed by atoms with Gasteiger partial charge in [-0.2, -0.15) is 0 Å². The summed E-state index contributed by atoms with van der Waals surface area (Å²) in [5, 5.41) is 0. The lowest BCUT2D eigenvalue weighted by Crippen LogP contribution is -2.27. The summed E-state index contributed by atoms with van der Waals surface area (Å²) in [7, 11) is -0.628. The van der Waals surface area contributed by atoms with Crippen molar-refractivity contribution in [1.82, 2.24) is 0 Å². The SMILES string of the molecule is C[Si](C)[O+](c1ccccc1)c1ccccc1. The first kappa shape index (κ1) is 11.0. The molecule has 2 heteroatoms. The van der Waals surface area contributed by atoms with E-state index >= 15 is 0 Å². The van der Waals surface area contributed by atoms with E-state index in [-0.39, 0.29) is 0 Å². The fourth-order valence-electron chi connectivity index (χ4n) is 1.72. The van der Waals surface area contributed by atoms with Gasteiger partial charge in [0.15, 0.2) is 0 Å². The molecule has 0 spiro atoms. The van der Waals surface area contributed by atoms with Gasteiger partial charge in [-0.05, 0) is 0 Å². The van der Waals surface area contributed by atoms with E-state index in [2.05, 4.69) is 65.7 Å². The minimum atomic E-state index is -0.628. The standard InChI is InChI=1S/C14H16OSi/c1-16(2)15(13-9-5-3-6-10-13)14-11-7-4-8-12-14/h3-12H,1-2H3/q+1. The molecule has 1 nitrogen and oxygen atoms in total. The number of rotatable bonds is 3. The lowest BCUT2D eigenvalue weighted by molar-refractivity contribution is 0.312. The molecule has 0 aliphatic carbocycles. The third-order valence-corrected chi connectivity index (χ3v) is 3.65. The van der Waals surface area contributed by atoms with E-state index in [9.17, 15) is 0 Å². The molecule has 0 bridgehead atoms. The van der Waals surface area contributed by atoms with E-state index in [0.29, 0.717) is 0 Å². The normalized spacial score (nSPS) is 10.4. The number of hydrogen-bond acceptors (Lipinski definition) is 0. The van der Waals surface area contributed by atoms with Crippen LogP contribution < -0.4 is 4.06 Å². The fraction of sp³-hybridized carbons (Fsp3) is 0.143. The zero-order chi connectivity index (χ0) is 11.4. The van der Waals surface area contributed by atoms with Crippen molar-refractivity contribution in [3.63, 3.8) is 0 Å². The van der Waals surface area contributed by atoms with Crippen LogP contribution in [0.3, 0.4) is 0 Å². The topological polar surface area (TPSA) is 2.70 Å². The Hall–Kier alpha value is -1.54. The summed E-state index contributed by atoms with van der Waals surface area (Å²) >= 11 is 0. The minimum Gasteiger partial charge on any atom is -0.638 e. The molecule has 0 fully saturated rings. The summed E-state index contributed by atoms with van der Waals surface area (Å²) in [5.74, 6) is 2.40. The van der Waals surface area contributed by atoms with Gasteiger partial charge in [-0.25, -0.2) is 0 Å². The van der Waals surface area contributed by atoms with Crippen molar-refractivity contribution in [1.29, 1.82) is 0 Å². The monoisotopic (exact) mass is 228 g/mol. The molecular formula is C14H16OSi+. The van der Waals surface area contributed by atoms with Gasteiger partial charge in [0.05, 0.1) is 0 Å². The Morgan fingerprint density at radius 1 is 0.688 bits per heavy atom. The van der Waals surface area contributed by atoms with Crippen molar-refractivity contribution < 1.29 is 4.06 Å². The van der Waals surface area contributed by atoms with Gasteiger partial charge in [0, 0.05) is 37.4 Å². The van der Waals surface area contributed by atoms with Gasteiger partial charge in [0.2, 0.25) is 11.5 Å². The van der Waals surface area contributed by atoms with Gasteiger partial charge >= 0.3 is 9.04 Å². The Balaban J connectivity index is 2.40. The molecule has 2 rings (SSSR count). The first-order valence-corrected chi connectivity index (χ1v) is 7.84. The van der Waals surface area contributed by atoms with Gasteiger partial charge < -0.3 is 4.06 Å². The third kappa shape index (κ3) is 2.34. The van der Waals surface area contributed by atoms with Crippen molar-refractivity contribution in [2.45, 2.75) is 13.1 Å². The van der Waals surface area contributed by atoms with Crippen molar-refractivity contribution in [3.8, 4) is 11.5 Å². The molecule has 0 N–H and O–H groups in total. The van der Waals surface area contributed by atoms with Gasteiger partial charge in [-0.1, -0.05) is 36.4 Å². The molecule has 0 saturated carbocycles. The summed E-state index contributed by atoms with van der Waals surface area (Å²) in [6, 6.07) is 20.9. The Bertz CT molecular complexity index is 386. The predicted molar refractivity (Wildman–Crippen MR) is 70.4 cm³/mol. The second-order valence-electron chi connectivity index (χ2n) is 3.84. The van der Waals surface area contributed by atoms with Crippen LogP contribution in [0, 0.1) is 0 Å². The quantitative estimate of drug-likeness (QED) is 0.545. The highest BCUT2D eigenvalue weighted by atomic mass is 28.3. The highest BCUT2D eigenvalue weighted by Crippen LogP contribution is 2.29. The summed E-state index contributed by atoms with van der Waals surface area (Å²) < 4.78 is 3.35. The van der Waals surface area contributed by atoms with E-state index in [1.807, 2.05) is 12.1 Å². The number of hydrogen-bond donors (Lipinski definition) is 0. The van der Waals surface area contributed by atoms with Crippen molar-refractivity contribution >= 4 is 9.04 Å². The molecule has 0 aliphatic heterocycles. The molecule has 2 aromatic carbocycles. The van der Waals surface area contributed by atoms with Gasteiger partial charge in [-0.15, -0.1) is 0 Å². The molecule has 0 aliphatic rings. The van der Waals surface area contributed by atoms with Crippen LogP contribution in [0.15, 0.2) is 60.7 Å². The molecule has 1 radical (unpaired) electrons. The molecule has 2 aromatic rings. The van der Waals surface area contributed by atoms with Crippen LogP contribution in [-0.2, 0) is 0 Å². The van der Waals surface area contributed by atoms with Gasteiger partial charge in [-0.3, -0.25) is 0 Å². The smallest absolute Gasteiger partial charge is 0.515 e. The van der Waals surface area contributed by atoms with E-state index in [0.717, 1.165) is 0 Å². The second-order valence-corrected chi connectivity index (χ2v) is 6.07. The average molecular weight is 228 g/mol. The zero-order valence-corrected chi connectivity index (χ0v) is 10.7. The predicted octanol–water partition coefficient (Wildman–Crippen LogP) is 4.27. The lowest BCUT2D eigenvalue weighted by atomic mass is 10.3. The summed E-state index contributed by atoms with van der Waals surface area (Å²) in [6.45, 7) is 4.55. The van der Waals surface area contributed by atoms with Crippen LogP contribution in [0.25, 0.3) is 0 Å². The van der Waals surface area contributed by atoms with Crippen LogP contribution in [0.4, 0.5) is 0 Å². The Kier molecular flexibility index (Phi) is 3.42. The minimum absolute atomic E-state index is 0.628. The maximum Gasteiger partial charge on any atom is 0.515 e. The fourth-order valence-corrected chi connectivity index (χ4v) is 2.94. The highest BCUT2D eigenvalue weighted by Gasteiger charge is 2.23. The molecule has 0 unspecified atom stereocenters. The maximum atomic E-state index is 3.35. The van der Waals surface area contributed by atoms with Crippen molar-refractivity contribution in [2.24, 2.45) is 0 Å². The first-order chi connectivity index (χ1) is 7.79. The van der Waals surface area contributed by atoms with Crippen LogP contribution >= 0.6 is 0 Å². The molecular weight excluding hydrogens is 212 g/mol. The third-order valence-electron chi connectivity index (χ3n) is 2.37. The van der Waals surface area contributed by atoms with E-state index < -0.39 is 9.04 Å². The molecule has 0 heterocycles. The first-order valence-electron chi connectivity index (χ1n) is 5.43. The van der Waals surface area contributed by atoms with Crippen molar-refractivity contribution in [2.75, 3.05) is 0 Å². The van der Waals surface area contributed by atoms with Gasteiger partial charge in [0.1, 0.15) is 0 Å². The van der Waals surface area contributed by atoms with Crippen LogP contribution in [0.5, 0.6) is 11.5 Å².